The van der Waals surface area contributed by atoms with Crippen LogP contribution >= 0.6 is 0 Å². The molecule has 8 nitrogen and oxygen atoms in total. The van der Waals surface area contributed by atoms with Crippen LogP contribution in [0.15, 0.2) is 54.7 Å². The third-order valence-corrected chi connectivity index (χ3v) is 6.91. The van der Waals surface area contributed by atoms with Crippen LogP contribution in [0.25, 0.3) is 11.3 Å². The van der Waals surface area contributed by atoms with Gasteiger partial charge in [-0.1, -0.05) is 25.3 Å². The van der Waals surface area contributed by atoms with Crippen LogP contribution in [0.1, 0.15) is 42.5 Å². The number of anilines is 4. The first-order valence-electron chi connectivity index (χ1n) is 13.0. The summed E-state index contributed by atoms with van der Waals surface area (Å²) in [6, 6.07) is 16.3. The van der Waals surface area contributed by atoms with E-state index >= 15 is 0 Å². The molecule has 1 aliphatic carbocycles. The van der Waals surface area contributed by atoms with Crippen molar-refractivity contribution in [2.45, 2.75) is 38.1 Å². The molecule has 1 aromatic carbocycles. The van der Waals surface area contributed by atoms with Crippen molar-refractivity contribution >= 4 is 28.9 Å². The Hall–Kier alpha value is -3.65. The summed E-state index contributed by atoms with van der Waals surface area (Å²) >= 11 is 0. The van der Waals surface area contributed by atoms with Crippen LogP contribution in [0, 0.1) is 0 Å². The third kappa shape index (κ3) is 5.94. The van der Waals surface area contributed by atoms with Crippen molar-refractivity contribution in [1.29, 1.82) is 0 Å². The van der Waals surface area contributed by atoms with Gasteiger partial charge in [-0.15, -0.1) is 0 Å². The van der Waals surface area contributed by atoms with E-state index < -0.39 is 0 Å². The average Bonchev–Trinajstić information content (AvgIpc) is 2.94. The molecule has 4 N–H and O–H groups in total. The predicted octanol–water partition coefficient (Wildman–Crippen LogP) is 4.40. The van der Waals surface area contributed by atoms with Crippen molar-refractivity contribution in [2.75, 3.05) is 48.8 Å². The van der Waals surface area contributed by atoms with Crippen LogP contribution in [0.2, 0.25) is 0 Å². The second-order valence-corrected chi connectivity index (χ2v) is 9.53. The summed E-state index contributed by atoms with van der Waals surface area (Å²) in [6.45, 7) is 3.70. The lowest BCUT2D eigenvalue weighted by Crippen LogP contribution is -2.43. The van der Waals surface area contributed by atoms with Gasteiger partial charge in [0, 0.05) is 74.0 Å². The van der Waals surface area contributed by atoms with Gasteiger partial charge < -0.3 is 26.2 Å². The van der Waals surface area contributed by atoms with Gasteiger partial charge in [0.2, 0.25) is 0 Å². The summed E-state index contributed by atoms with van der Waals surface area (Å²) in [7, 11) is 1.64. The molecule has 0 atom stereocenters. The monoisotopic (exact) mass is 485 g/mol. The number of nitrogens with one attached hydrogen (secondary N) is 4. The Bertz CT molecular complexity index is 1190. The molecule has 1 saturated heterocycles. The van der Waals surface area contributed by atoms with Gasteiger partial charge in [-0.05, 0) is 49.2 Å². The Morgan fingerprint density at radius 1 is 1.00 bits per heavy atom. The predicted molar refractivity (Wildman–Crippen MR) is 146 cm³/mol. The van der Waals surface area contributed by atoms with Gasteiger partial charge in [0.1, 0.15) is 11.6 Å². The zero-order valence-corrected chi connectivity index (χ0v) is 20.9. The fourth-order valence-electron chi connectivity index (χ4n) is 4.97. The van der Waals surface area contributed by atoms with Crippen LogP contribution in [-0.4, -0.2) is 55.1 Å². The zero-order valence-electron chi connectivity index (χ0n) is 20.9. The molecule has 3 heterocycles. The lowest BCUT2D eigenvalue weighted by molar-refractivity contribution is 0.0963. The molecule has 0 bridgehead atoms. The van der Waals surface area contributed by atoms with Gasteiger partial charge in [0.15, 0.2) is 0 Å². The summed E-state index contributed by atoms with van der Waals surface area (Å²) in [5.74, 6) is 1.74. The summed E-state index contributed by atoms with van der Waals surface area (Å²) in [6.07, 6.45) is 8.15. The number of benzene rings is 1. The van der Waals surface area contributed by atoms with E-state index in [1.54, 1.807) is 7.05 Å². The maximum absolute atomic E-state index is 12.1. The minimum absolute atomic E-state index is 0.106. The fourth-order valence-corrected chi connectivity index (χ4v) is 4.97. The standard InChI is InChI=1S/C28H35N7O/c1-29-28(36)21-6-5-9-23(16-21)32-24-18-25(34-27(19-24)35-14-12-30-13-15-35)20-10-11-31-26(17-20)33-22-7-3-2-4-8-22/h5-6,9-11,16-19,22,30H,2-4,7-8,12-15H2,1H3,(H,29,36)(H,31,33)(H,32,34). The van der Waals surface area contributed by atoms with E-state index in [-0.39, 0.29) is 5.91 Å². The second kappa shape index (κ2) is 11.4. The largest absolute Gasteiger partial charge is 0.367 e. The van der Waals surface area contributed by atoms with E-state index in [4.69, 9.17) is 4.98 Å². The topological polar surface area (TPSA) is 94.2 Å². The number of carbonyl (C=O) groups excluding carboxylic acids is 1. The number of piperazine rings is 1. The zero-order chi connectivity index (χ0) is 24.7. The van der Waals surface area contributed by atoms with E-state index in [1.165, 1.54) is 32.1 Å². The molecule has 0 spiro atoms. The summed E-state index contributed by atoms with van der Waals surface area (Å²) < 4.78 is 0. The Labute approximate surface area is 212 Å². The van der Waals surface area contributed by atoms with Crippen LogP contribution in [0.4, 0.5) is 23.0 Å². The number of hydrogen-bond donors (Lipinski definition) is 4. The summed E-state index contributed by atoms with van der Waals surface area (Å²) in [4.78, 5) is 24.1. The normalized spacial score (nSPS) is 16.4. The first-order valence-corrected chi connectivity index (χ1v) is 13.0. The smallest absolute Gasteiger partial charge is 0.251 e. The van der Waals surface area contributed by atoms with Gasteiger partial charge in [-0.3, -0.25) is 4.79 Å². The number of rotatable bonds is 7. The molecule has 8 heteroatoms. The van der Waals surface area contributed by atoms with Crippen molar-refractivity contribution < 1.29 is 4.79 Å². The number of nitrogens with zero attached hydrogens (tertiary/aromatic N) is 3. The van der Waals surface area contributed by atoms with E-state index in [1.807, 2.05) is 36.5 Å². The minimum Gasteiger partial charge on any atom is -0.367 e. The van der Waals surface area contributed by atoms with Crippen LogP contribution in [0.3, 0.4) is 0 Å². The highest BCUT2D eigenvalue weighted by atomic mass is 16.1. The van der Waals surface area contributed by atoms with Crippen molar-refractivity contribution in [3.63, 3.8) is 0 Å². The SMILES string of the molecule is CNC(=O)c1cccc(Nc2cc(-c3ccnc(NC4CCCCC4)c3)nc(N3CCNCC3)c2)c1. The third-order valence-electron chi connectivity index (χ3n) is 6.91. The van der Waals surface area contributed by atoms with E-state index in [0.29, 0.717) is 11.6 Å². The molecular weight excluding hydrogens is 450 g/mol. The van der Waals surface area contributed by atoms with Crippen molar-refractivity contribution in [1.82, 2.24) is 20.6 Å². The first kappa shape index (κ1) is 24.1. The molecule has 1 aliphatic heterocycles. The van der Waals surface area contributed by atoms with E-state index in [9.17, 15) is 4.79 Å². The second-order valence-electron chi connectivity index (χ2n) is 9.53. The number of hydrogen-bond acceptors (Lipinski definition) is 7. The van der Waals surface area contributed by atoms with Gasteiger partial charge in [-0.2, -0.15) is 0 Å². The Morgan fingerprint density at radius 2 is 1.83 bits per heavy atom. The van der Waals surface area contributed by atoms with E-state index in [2.05, 4.69) is 49.4 Å². The van der Waals surface area contributed by atoms with Gasteiger partial charge >= 0.3 is 0 Å². The van der Waals surface area contributed by atoms with Gasteiger partial charge in [0.05, 0.1) is 5.69 Å². The Morgan fingerprint density at radius 3 is 2.64 bits per heavy atom. The highest BCUT2D eigenvalue weighted by molar-refractivity contribution is 5.95. The minimum atomic E-state index is -0.106. The lowest BCUT2D eigenvalue weighted by atomic mass is 9.95. The number of amides is 1. The molecule has 2 aliphatic rings. The molecule has 36 heavy (non-hydrogen) atoms. The highest BCUT2D eigenvalue weighted by Crippen LogP contribution is 2.30. The molecule has 2 fully saturated rings. The average molecular weight is 486 g/mol. The fraction of sp³-hybridized carbons (Fsp3) is 0.393. The van der Waals surface area contributed by atoms with Crippen molar-refractivity contribution in [3.8, 4) is 11.3 Å². The molecule has 0 unspecified atom stereocenters. The molecule has 2 aromatic heterocycles. The van der Waals surface area contributed by atoms with Gasteiger partial charge in [0.25, 0.3) is 5.91 Å². The van der Waals surface area contributed by atoms with Crippen LogP contribution in [-0.2, 0) is 0 Å². The summed E-state index contributed by atoms with van der Waals surface area (Å²) in [5, 5.41) is 13.2. The van der Waals surface area contributed by atoms with Crippen LogP contribution in [0.5, 0.6) is 0 Å². The quantitative estimate of drug-likeness (QED) is 0.394. The molecule has 3 aromatic rings. The Kier molecular flexibility index (Phi) is 7.61. The highest BCUT2D eigenvalue weighted by Gasteiger charge is 2.17. The summed E-state index contributed by atoms with van der Waals surface area (Å²) in [5.41, 5.74) is 4.33. The lowest BCUT2D eigenvalue weighted by Gasteiger charge is -2.29. The maximum Gasteiger partial charge on any atom is 0.251 e. The molecule has 5 rings (SSSR count). The van der Waals surface area contributed by atoms with E-state index in [0.717, 1.165) is 60.4 Å². The Balaban J connectivity index is 1.45. The molecule has 1 amide bonds. The molecular formula is C28H35N7O. The van der Waals surface area contributed by atoms with Crippen molar-refractivity contribution in [3.05, 3.63) is 60.3 Å². The number of pyridine rings is 2. The van der Waals surface area contributed by atoms with Crippen LogP contribution < -0.4 is 26.2 Å². The number of aromatic nitrogens is 2. The molecule has 1 saturated carbocycles. The number of carbonyl (C=O) groups is 1. The maximum atomic E-state index is 12.1. The first-order chi connectivity index (χ1) is 17.7. The molecule has 0 radical (unpaired) electrons. The molecule has 188 valence electrons. The van der Waals surface area contributed by atoms with Crippen molar-refractivity contribution in [2.24, 2.45) is 0 Å². The van der Waals surface area contributed by atoms with Gasteiger partial charge in [-0.25, -0.2) is 9.97 Å².